The molecule has 0 spiro atoms. The van der Waals surface area contributed by atoms with Gasteiger partial charge in [-0.2, -0.15) is 4.98 Å². The minimum absolute atomic E-state index is 0.116. The molecule has 0 bridgehead atoms. The molecule has 2 heterocycles. The molecule has 0 saturated heterocycles. The highest BCUT2D eigenvalue weighted by molar-refractivity contribution is 5.76. The van der Waals surface area contributed by atoms with Gasteiger partial charge in [0.15, 0.2) is 11.5 Å². The molecule has 4 rings (SSSR count). The van der Waals surface area contributed by atoms with Crippen LogP contribution in [-0.2, 0) is 6.42 Å². The van der Waals surface area contributed by atoms with Gasteiger partial charge < -0.3 is 30.8 Å². The van der Waals surface area contributed by atoms with Gasteiger partial charge in [-0.05, 0) is 48.7 Å². The van der Waals surface area contributed by atoms with Gasteiger partial charge in [-0.3, -0.25) is 0 Å². The third-order valence-electron chi connectivity index (χ3n) is 5.14. The second-order valence-corrected chi connectivity index (χ2v) is 7.33. The topological polar surface area (TPSA) is 143 Å². The molecule has 2 aromatic carbocycles. The molecular weight excluding hydrogens is 424 g/mol. The highest BCUT2D eigenvalue weighted by Gasteiger charge is 2.22. The Morgan fingerprint density at radius 2 is 1.97 bits per heavy atom. The predicted molar refractivity (Wildman–Crippen MR) is 122 cm³/mol. The number of hydrogen-bond acceptors (Lipinski definition) is 8. The van der Waals surface area contributed by atoms with E-state index in [1.54, 1.807) is 24.3 Å². The van der Waals surface area contributed by atoms with Gasteiger partial charge >= 0.3 is 6.16 Å². The Morgan fingerprint density at radius 1 is 1.21 bits per heavy atom. The lowest BCUT2D eigenvalue weighted by Crippen LogP contribution is -2.06. The first-order valence-corrected chi connectivity index (χ1v) is 10.2. The Kier molecular flexibility index (Phi) is 5.91. The lowest BCUT2D eigenvalue weighted by atomic mass is 9.94. The monoisotopic (exact) mass is 446 g/mol. The van der Waals surface area contributed by atoms with Crippen molar-refractivity contribution in [1.29, 1.82) is 0 Å². The van der Waals surface area contributed by atoms with E-state index < -0.39 is 6.16 Å². The number of rotatable bonds is 4. The van der Waals surface area contributed by atoms with Crippen LogP contribution in [-0.4, -0.2) is 28.0 Å². The molecule has 9 nitrogen and oxygen atoms in total. The van der Waals surface area contributed by atoms with E-state index in [0.29, 0.717) is 29.2 Å². The fourth-order valence-electron chi connectivity index (χ4n) is 3.50. The van der Waals surface area contributed by atoms with Gasteiger partial charge in [-0.25, -0.2) is 9.78 Å². The van der Waals surface area contributed by atoms with E-state index in [4.69, 9.17) is 26.0 Å². The fraction of sp³-hybridized carbons (Fsp3) is 0.208. The molecule has 0 amide bonds. The van der Waals surface area contributed by atoms with Crippen molar-refractivity contribution in [2.24, 2.45) is 0 Å². The Morgan fingerprint density at radius 3 is 2.67 bits per heavy atom. The van der Waals surface area contributed by atoms with E-state index in [-0.39, 0.29) is 30.2 Å². The van der Waals surface area contributed by atoms with Crippen molar-refractivity contribution in [3.8, 4) is 40.2 Å². The van der Waals surface area contributed by atoms with Crippen LogP contribution in [0.15, 0.2) is 36.4 Å². The standard InChI is InChI=1S/C24H22N4O5/c1-3-19-17(22(25)28-23(26)27-19)9-4-13(2)15-10-18(21-20(11-15)31-12-32-21)14-5-7-16(8-6-14)33-24(29)30/h5-8,10-11,13H,3,12H2,1-2H3,(H,29,30)(H4,25,26,27,28). The third-order valence-corrected chi connectivity index (χ3v) is 5.14. The van der Waals surface area contributed by atoms with Crippen LogP contribution in [0.2, 0.25) is 0 Å². The van der Waals surface area contributed by atoms with Crippen LogP contribution < -0.4 is 25.7 Å². The quantitative estimate of drug-likeness (QED) is 0.310. The van der Waals surface area contributed by atoms with Crippen molar-refractivity contribution < 1.29 is 24.1 Å². The molecule has 0 fully saturated rings. The van der Waals surface area contributed by atoms with Gasteiger partial charge in [0.1, 0.15) is 11.6 Å². The molecule has 0 aliphatic carbocycles. The molecule has 1 unspecified atom stereocenters. The zero-order valence-corrected chi connectivity index (χ0v) is 18.1. The number of carbonyl (C=O) groups is 1. The number of fused-ring (bicyclic) bond motifs is 1. The van der Waals surface area contributed by atoms with Crippen LogP contribution >= 0.6 is 0 Å². The summed E-state index contributed by atoms with van der Waals surface area (Å²) in [5.74, 6) is 8.01. The number of nitrogens with two attached hydrogens (primary N) is 2. The smallest absolute Gasteiger partial charge is 0.454 e. The maximum Gasteiger partial charge on any atom is 0.511 e. The highest BCUT2D eigenvalue weighted by Crippen LogP contribution is 2.44. The Balaban J connectivity index is 1.69. The first-order chi connectivity index (χ1) is 15.9. The number of ether oxygens (including phenoxy) is 3. The number of hydrogen-bond donors (Lipinski definition) is 3. The van der Waals surface area contributed by atoms with Gasteiger partial charge in [-0.1, -0.05) is 30.9 Å². The first-order valence-electron chi connectivity index (χ1n) is 10.2. The molecular formula is C24H22N4O5. The van der Waals surface area contributed by atoms with E-state index in [1.807, 2.05) is 26.0 Å². The predicted octanol–water partition coefficient (Wildman–Crippen LogP) is 3.81. The third kappa shape index (κ3) is 4.60. The van der Waals surface area contributed by atoms with E-state index in [1.165, 1.54) is 0 Å². The van der Waals surface area contributed by atoms with Gasteiger partial charge in [0, 0.05) is 11.5 Å². The van der Waals surface area contributed by atoms with Crippen LogP contribution in [0, 0.1) is 11.8 Å². The van der Waals surface area contributed by atoms with Crippen LogP contribution in [0.1, 0.15) is 36.6 Å². The summed E-state index contributed by atoms with van der Waals surface area (Å²) >= 11 is 0. The summed E-state index contributed by atoms with van der Waals surface area (Å²) in [6, 6.07) is 10.6. The van der Waals surface area contributed by atoms with Crippen molar-refractivity contribution in [3.05, 3.63) is 53.2 Å². The zero-order valence-electron chi connectivity index (χ0n) is 18.1. The molecule has 5 N–H and O–H groups in total. The second kappa shape index (κ2) is 8.96. The average Bonchev–Trinajstić information content (AvgIpc) is 3.26. The molecule has 168 valence electrons. The van der Waals surface area contributed by atoms with Crippen LogP contribution in [0.5, 0.6) is 17.2 Å². The number of nitrogen functional groups attached to an aromatic ring is 2. The first kappa shape index (κ1) is 21.8. The number of nitrogens with zero attached hydrogens (tertiary/aromatic N) is 2. The summed E-state index contributed by atoms with van der Waals surface area (Å²) in [7, 11) is 0. The lowest BCUT2D eigenvalue weighted by molar-refractivity contribution is 0.144. The molecule has 1 aliphatic rings. The number of anilines is 2. The summed E-state index contributed by atoms with van der Waals surface area (Å²) in [5, 5.41) is 8.78. The molecule has 33 heavy (non-hydrogen) atoms. The largest absolute Gasteiger partial charge is 0.511 e. The van der Waals surface area contributed by atoms with E-state index in [0.717, 1.165) is 16.7 Å². The average molecular weight is 446 g/mol. The maximum atomic E-state index is 10.7. The summed E-state index contributed by atoms with van der Waals surface area (Å²) in [6.45, 7) is 4.04. The molecule has 0 saturated carbocycles. The number of carboxylic acid groups (broad SMARTS) is 1. The molecule has 1 atom stereocenters. The molecule has 1 aliphatic heterocycles. The normalized spacial score (nSPS) is 12.5. The summed E-state index contributed by atoms with van der Waals surface area (Å²) in [5.41, 5.74) is 15.5. The summed E-state index contributed by atoms with van der Waals surface area (Å²) < 4.78 is 16.0. The molecule has 0 radical (unpaired) electrons. The van der Waals surface area contributed by atoms with Crippen molar-refractivity contribution in [2.45, 2.75) is 26.2 Å². The van der Waals surface area contributed by atoms with E-state index in [2.05, 4.69) is 26.5 Å². The number of aryl methyl sites for hydroxylation is 1. The van der Waals surface area contributed by atoms with Crippen molar-refractivity contribution >= 4 is 17.9 Å². The lowest BCUT2D eigenvalue weighted by Gasteiger charge is -2.12. The number of benzene rings is 2. The van der Waals surface area contributed by atoms with Crippen molar-refractivity contribution in [3.63, 3.8) is 0 Å². The number of aromatic nitrogens is 2. The molecule has 1 aromatic heterocycles. The Hall–Kier alpha value is -4.45. The van der Waals surface area contributed by atoms with Crippen molar-refractivity contribution in [1.82, 2.24) is 9.97 Å². The van der Waals surface area contributed by atoms with Crippen LogP contribution in [0.25, 0.3) is 11.1 Å². The maximum absolute atomic E-state index is 10.7. The fourth-order valence-corrected chi connectivity index (χ4v) is 3.50. The van der Waals surface area contributed by atoms with Gasteiger partial charge in [0.05, 0.1) is 11.3 Å². The highest BCUT2D eigenvalue weighted by atomic mass is 16.7. The zero-order chi connectivity index (χ0) is 23.5. The minimum Gasteiger partial charge on any atom is -0.454 e. The van der Waals surface area contributed by atoms with E-state index >= 15 is 0 Å². The van der Waals surface area contributed by atoms with Crippen molar-refractivity contribution in [2.75, 3.05) is 18.3 Å². The van der Waals surface area contributed by atoms with Crippen LogP contribution in [0.3, 0.4) is 0 Å². The molecule has 3 aromatic rings. The SMILES string of the molecule is CCc1nc(N)nc(N)c1C#CC(C)c1cc2c(c(-c3ccc(OC(=O)O)cc3)c1)OCO2. The summed E-state index contributed by atoms with van der Waals surface area (Å²) in [4.78, 5) is 19.0. The van der Waals surface area contributed by atoms with Gasteiger partial charge in [-0.15, -0.1) is 0 Å². The molecule has 9 heteroatoms. The Labute approximate surface area is 190 Å². The summed E-state index contributed by atoms with van der Waals surface area (Å²) in [6.07, 6.45) is -0.737. The Bertz CT molecular complexity index is 1280. The van der Waals surface area contributed by atoms with Gasteiger partial charge in [0.2, 0.25) is 12.7 Å². The van der Waals surface area contributed by atoms with Gasteiger partial charge in [0.25, 0.3) is 0 Å². The van der Waals surface area contributed by atoms with Crippen LogP contribution in [0.4, 0.5) is 16.6 Å². The second-order valence-electron chi connectivity index (χ2n) is 7.33. The minimum atomic E-state index is -1.37. The van der Waals surface area contributed by atoms with E-state index in [9.17, 15) is 4.79 Å².